The van der Waals surface area contributed by atoms with E-state index < -0.39 is 11.6 Å². The first-order valence-corrected chi connectivity index (χ1v) is 11.2. The van der Waals surface area contributed by atoms with Crippen LogP contribution in [0.4, 0.5) is 10.5 Å². The summed E-state index contributed by atoms with van der Waals surface area (Å²) in [7, 11) is 0. The molecule has 0 bridgehead atoms. The summed E-state index contributed by atoms with van der Waals surface area (Å²) in [5.74, 6) is -0.201. The van der Waals surface area contributed by atoms with Gasteiger partial charge in [-0.3, -0.25) is 14.5 Å². The summed E-state index contributed by atoms with van der Waals surface area (Å²) >= 11 is 0. The van der Waals surface area contributed by atoms with Crippen molar-refractivity contribution >= 4 is 23.5 Å². The minimum atomic E-state index is -0.927. The quantitative estimate of drug-likeness (QED) is 0.410. The van der Waals surface area contributed by atoms with E-state index in [1.165, 1.54) is 0 Å². The second kappa shape index (κ2) is 10.1. The van der Waals surface area contributed by atoms with Gasteiger partial charge in [-0.1, -0.05) is 78.5 Å². The summed E-state index contributed by atoms with van der Waals surface area (Å²) in [6.07, 6.45) is 4.70. The molecule has 1 heterocycles. The minimum absolute atomic E-state index is 0.238. The Morgan fingerprint density at radius 1 is 1.07 bits per heavy atom. The Bertz CT molecular complexity index is 762. The van der Waals surface area contributed by atoms with Gasteiger partial charge in [0.1, 0.15) is 12.1 Å². The van der Waals surface area contributed by atoms with Gasteiger partial charge in [-0.15, -0.1) is 0 Å². The van der Waals surface area contributed by atoms with Crippen LogP contribution in [0.5, 0.6) is 0 Å². The van der Waals surface area contributed by atoms with Crippen molar-refractivity contribution in [1.82, 2.24) is 10.2 Å². The van der Waals surface area contributed by atoms with Crippen LogP contribution in [0.25, 0.3) is 0 Å². The SMILES string of the molecule is CCCCCCC1(C)NC(=O)N(CC(=O)Nc2c(C(C)C)cccc2C(C)C)C1=O. The van der Waals surface area contributed by atoms with Gasteiger partial charge < -0.3 is 10.6 Å². The summed E-state index contributed by atoms with van der Waals surface area (Å²) in [6.45, 7) is 11.9. The largest absolute Gasteiger partial charge is 0.325 e. The molecule has 6 nitrogen and oxygen atoms in total. The standard InChI is InChI=1S/C24H37N3O3/c1-7-8-9-10-14-24(6)22(29)27(23(30)26-24)15-20(28)25-21-18(16(2)3)12-11-13-19(21)17(4)5/h11-13,16-17H,7-10,14-15H2,1-6H3,(H,25,28)(H,26,30). The van der Waals surface area contributed by atoms with E-state index >= 15 is 0 Å². The number of urea groups is 1. The molecule has 1 unspecified atom stereocenters. The molecule has 1 fully saturated rings. The second-order valence-corrected chi connectivity index (χ2v) is 9.13. The molecule has 1 aromatic rings. The van der Waals surface area contributed by atoms with E-state index in [9.17, 15) is 14.4 Å². The van der Waals surface area contributed by atoms with Crippen molar-refractivity contribution in [3.63, 3.8) is 0 Å². The number of nitrogens with one attached hydrogen (secondary N) is 2. The molecule has 1 aliphatic heterocycles. The lowest BCUT2D eigenvalue weighted by molar-refractivity contribution is -0.133. The average molecular weight is 416 g/mol. The molecule has 2 rings (SSSR count). The minimum Gasteiger partial charge on any atom is -0.324 e. The number of hydrogen-bond acceptors (Lipinski definition) is 3. The zero-order valence-corrected chi connectivity index (χ0v) is 19.3. The maximum Gasteiger partial charge on any atom is 0.325 e. The van der Waals surface area contributed by atoms with Crippen molar-refractivity contribution in [3.05, 3.63) is 29.3 Å². The van der Waals surface area contributed by atoms with Gasteiger partial charge in [-0.2, -0.15) is 0 Å². The molecule has 1 atom stereocenters. The Morgan fingerprint density at radius 2 is 1.67 bits per heavy atom. The second-order valence-electron chi connectivity index (χ2n) is 9.13. The van der Waals surface area contributed by atoms with Crippen molar-refractivity contribution in [2.24, 2.45) is 0 Å². The third-order valence-electron chi connectivity index (χ3n) is 5.81. The molecule has 0 aromatic heterocycles. The van der Waals surface area contributed by atoms with Crippen LogP contribution in [-0.2, 0) is 9.59 Å². The number of unbranched alkanes of at least 4 members (excludes halogenated alkanes) is 3. The molecule has 30 heavy (non-hydrogen) atoms. The van der Waals surface area contributed by atoms with Crippen LogP contribution in [-0.4, -0.2) is 34.8 Å². The van der Waals surface area contributed by atoms with Gasteiger partial charge in [-0.25, -0.2) is 4.79 Å². The molecule has 2 N–H and O–H groups in total. The summed E-state index contributed by atoms with van der Waals surface area (Å²) in [4.78, 5) is 39.2. The van der Waals surface area contributed by atoms with E-state index in [1.54, 1.807) is 6.92 Å². The normalized spacial score (nSPS) is 19.0. The first-order chi connectivity index (χ1) is 14.1. The predicted molar refractivity (Wildman–Crippen MR) is 121 cm³/mol. The van der Waals surface area contributed by atoms with Gasteiger partial charge in [0.05, 0.1) is 0 Å². The van der Waals surface area contributed by atoms with Crippen LogP contribution in [0.1, 0.15) is 96.6 Å². The molecular weight excluding hydrogens is 378 g/mol. The smallest absolute Gasteiger partial charge is 0.324 e. The number of hydrogen-bond donors (Lipinski definition) is 2. The van der Waals surface area contributed by atoms with Crippen LogP contribution < -0.4 is 10.6 Å². The van der Waals surface area contributed by atoms with Gasteiger partial charge in [0, 0.05) is 5.69 Å². The molecule has 0 radical (unpaired) electrons. The molecular formula is C24H37N3O3. The highest BCUT2D eigenvalue weighted by atomic mass is 16.2. The van der Waals surface area contributed by atoms with E-state index in [1.807, 2.05) is 18.2 Å². The lowest BCUT2D eigenvalue weighted by Gasteiger charge is -2.22. The van der Waals surface area contributed by atoms with E-state index in [2.05, 4.69) is 45.3 Å². The topological polar surface area (TPSA) is 78.5 Å². The first-order valence-electron chi connectivity index (χ1n) is 11.2. The number of benzene rings is 1. The number of amides is 4. The fourth-order valence-electron chi connectivity index (χ4n) is 3.98. The lowest BCUT2D eigenvalue weighted by atomic mass is 9.92. The maximum atomic E-state index is 12.9. The molecule has 166 valence electrons. The lowest BCUT2D eigenvalue weighted by Crippen LogP contribution is -2.44. The highest BCUT2D eigenvalue weighted by molar-refractivity contribution is 6.10. The van der Waals surface area contributed by atoms with Gasteiger partial charge in [0.25, 0.3) is 5.91 Å². The van der Waals surface area contributed by atoms with Crippen molar-refractivity contribution in [1.29, 1.82) is 0 Å². The molecule has 0 aliphatic carbocycles. The maximum absolute atomic E-state index is 12.9. The molecule has 1 aliphatic rings. The first kappa shape index (κ1) is 23.9. The third kappa shape index (κ3) is 5.41. The van der Waals surface area contributed by atoms with Crippen molar-refractivity contribution < 1.29 is 14.4 Å². The van der Waals surface area contributed by atoms with E-state index in [0.29, 0.717) is 6.42 Å². The van der Waals surface area contributed by atoms with Crippen molar-refractivity contribution in [2.45, 2.75) is 91.0 Å². The van der Waals surface area contributed by atoms with Gasteiger partial charge in [0.15, 0.2) is 0 Å². The fraction of sp³-hybridized carbons (Fsp3) is 0.625. The number of rotatable bonds is 10. The molecule has 0 spiro atoms. The summed E-state index contributed by atoms with van der Waals surface area (Å²) < 4.78 is 0. The van der Waals surface area contributed by atoms with E-state index in [4.69, 9.17) is 0 Å². The summed E-state index contributed by atoms with van der Waals surface area (Å²) in [6, 6.07) is 5.52. The number of nitrogens with zero attached hydrogens (tertiary/aromatic N) is 1. The van der Waals surface area contributed by atoms with Gasteiger partial charge in [0.2, 0.25) is 5.91 Å². The van der Waals surface area contributed by atoms with Crippen LogP contribution in [0.3, 0.4) is 0 Å². The van der Waals surface area contributed by atoms with Crippen LogP contribution >= 0.6 is 0 Å². The van der Waals surface area contributed by atoms with Gasteiger partial charge in [-0.05, 0) is 36.3 Å². The zero-order chi connectivity index (χ0) is 22.5. The Morgan fingerprint density at radius 3 is 2.20 bits per heavy atom. The highest BCUT2D eigenvalue weighted by Crippen LogP contribution is 2.32. The van der Waals surface area contributed by atoms with Crippen molar-refractivity contribution in [3.8, 4) is 0 Å². The zero-order valence-electron chi connectivity index (χ0n) is 19.3. The predicted octanol–water partition coefficient (Wildman–Crippen LogP) is 5.15. The summed E-state index contributed by atoms with van der Waals surface area (Å²) in [5.41, 5.74) is 1.96. The number of anilines is 1. The van der Waals surface area contributed by atoms with Gasteiger partial charge >= 0.3 is 6.03 Å². The van der Waals surface area contributed by atoms with Crippen LogP contribution in [0.2, 0.25) is 0 Å². The molecule has 1 saturated heterocycles. The molecule has 0 saturated carbocycles. The van der Waals surface area contributed by atoms with Crippen LogP contribution in [0.15, 0.2) is 18.2 Å². The Balaban J connectivity index is 2.12. The number of imide groups is 1. The van der Waals surface area contributed by atoms with Crippen LogP contribution in [0, 0.1) is 0 Å². The van der Waals surface area contributed by atoms with E-state index in [0.717, 1.165) is 47.4 Å². The fourth-order valence-corrected chi connectivity index (χ4v) is 3.98. The number of carbonyl (C=O) groups is 3. The Labute approximate surface area is 180 Å². The molecule has 4 amide bonds. The number of carbonyl (C=O) groups excluding carboxylic acids is 3. The number of para-hydroxylation sites is 1. The average Bonchev–Trinajstić information content (AvgIpc) is 2.88. The third-order valence-corrected chi connectivity index (χ3v) is 5.81. The van der Waals surface area contributed by atoms with E-state index in [-0.39, 0.29) is 30.2 Å². The summed E-state index contributed by atoms with van der Waals surface area (Å²) in [5, 5.41) is 5.78. The highest BCUT2D eigenvalue weighted by Gasteiger charge is 2.47. The van der Waals surface area contributed by atoms with Crippen molar-refractivity contribution in [2.75, 3.05) is 11.9 Å². The Kier molecular flexibility index (Phi) is 8.04. The Hall–Kier alpha value is -2.37. The molecule has 6 heteroatoms. The molecule has 1 aromatic carbocycles. The monoisotopic (exact) mass is 415 g/mol.